The summed E-state index contributed by atoms with van der Waals surface area (Å²) in [5.41, 5.74) is -5.41. The Kier molecular flexibility index (Phi) is 5.72. The minimum atomic E-state index is -4.63. The quantitative estimate of drug-likeness (QED) is 0.302. The predicted molar refractivity (Wildman–Crippen MR) is 123 cm³/mol. The van der Waals surface area contributed by atoms with Gasteiger partial charge in [-0.3, -0.25) is 9.59 Å². The summed E-state index contributed by atoms with van der Waals surface area (Å²) in [4.78, 5) is 31.2. The normalized spacial score (nSPS) is 26.3. The van der Waals surface area contributed by atoms with Crippen molar-refractivity contribution in [1.82, 2.24) is 4.98 Å². The molecule has 1 aliphatic carbocycles. The van der Waals surface area contributed by atoms with Crippen LogP contribution in [0.4, 0.5) is 13.2 Å². The molecule has 0 spiro atoms. The van der Waals surface area contributed by atoms with Gasteiger partial charge in [0.1, 0.15) is 16.8 Å². The number of halogens is 4. The van der Waals surface area contributed by atoms with Crippen LogP contribution in [0.3, 0.4) is 0 Å². The Labute approximate surface area is 213 Å². The molecule has 0 amide bonds. The first-order chi connectivity index (χ1) is 17.5. The second-order valence-corrected chi connectivity index (χ2v) is 9.09. The third-order valence-corrected chi connectivity index (χ3v) is 7.14. The van der Waals surface area contributed by atoms with Crippen LogP contribution in [-0.2, 0) is 31.7 Å². The van der Waals surface area contributed by atoms with Gasteiger partial charge in [-0.2, -0.15) is 13.2 Å². The standard InChI is InChI=1S/C26H19ClF3NO6/c1-35-22-20-16(12-17(27)31-22)37-25(14-8-10-15(11-9-14)26(28,29)30)19(13-6-4-3-5-7-13)18(23(33)36-2)21(32)24(20,25)34/h3-12,18-19,34H,1-2H3/t18-,19-,24+,25+/m1/s1. The first-order valence-corrected chi connectivity index (χ1v) is 11.4. The summed E-state index contributed by atoms with van der Waals surface area (Å²) in [6.45, 7) is 0. The zero-order valence-electron chi connectivity index (χ0n) is 19.4. The number of aliphatic hydroxyl groups is 1. The third-order valence-electron chi connectivity index (χ3n) is 6.95. The van der Waals surface area contributed by atoms with E-state index < -0.39 is 46.5 Å². The van der Waals surface area contributed by atoms with E-state index in [2.05, 4.69) is 4.98 Å². The number of ketones is 1. The molecule has 7 nitrogen and oxygen atoms in total. The minimum absolute atomic E-state index is 0.0194. The van der Waals surface area contributed by atoms with Crippen molar-refractivity contribution in [3.05, 3.63) is 88.1 Å². The monoisotopic (exact) mass is 533 g/mol. The maximum Gasteiger partial charge on any atom is 0.416 e. The van der Waals surface area contributed by atoms with Crippen LogP contribution in [0.25, 0.3) is 0 Å². The number of carbonyl (C=O) groups is 2. The maximum absolute atomic E-state index is 14.1. The number of ether oxygens (including phenoxy) is 3. The summed E-state index contributed by atoms with van der Waals surface area (Å²) >= 11 is 6.13. The van der Waals surface area contributed by atoms with Gasteiger partial charge >= 0.3 is 12.1 Å². The third kappa shape index (κ3) is 3.35. The number of hydrogen-bond acceptors (Lipinski definition) is 7. The predicted octanol–water partition coefficient (Wildman–Crippen LogP) is 4.39. The number of Topliss-reactive ketones (excluding diaryl/α,β-unsaturated/α-hetero) is 1. The van der Waals surface area contributed by atoms with Crippen LogP contribution in [0.15, 0.2) is 60.7 Å². The van der Waals surface area contributed by atoms with E-state index in [1.165, 1.54) is 13.2 Å². The van der Waals surface area contributed by atoms with Gasteiger partial charge in [-0.15, -0.1) is 0 Å². The molecule has 0 bridgehead atoms. The summed E-state index contributed by atoms with van der Waals surface area (Å²) in [6.07, 6.45) is -4.63. The number of fused-ring (bicyclic) bond motifs is 3. The van der Waals surface area contributed by atoms with Gasteiger partial charge in [0, 0.05) is 6.07 Å². The number of hydrogen-bond donors (Lipinski definition) is 1. The first kappa shape index (κ1) is 25.0. The van der Waals surface area contributed by atoms with Crippen molar-refractivity contribution < 1.29 is 42.1 Å². The first-order valence-electron chi connectivity index (χ1n) is 11.0. The second kappa shape index (κ2) is 8.46. The Morgan fingerprint density at radius 3 is 2.32 bits per heavy atom. The molecule has 2 aliphatic rings. The number of aromatic nitrogens is 1. The molecule has 1 fully saturated rings. The number of pyridine rings is 1. The lowest BCUT2D eigenvalue weighted by Crippen LogP contribution is -2.50. The van der Waals surface area contributed by atoms with Crippen LogP contribution >= 0.6 is 11.6 Å². The number of esters is 1. The fourth-order valence-electron chi connectivity index (χ4n) is 5.48. The molecule has 0 radical (unpaired) electrons. The number of nitrogens with zero attached hydrogens (tertiary/aromatic N) is 1. The Morgan fingerprint density at radius 2 is 1.76 bits per heavy atom. The molecule has 1 aromatic heterocycles. The summed E-state index contributed by atoms with van der Waals surface area (Å²) in [5.74, 6) is -5.01. The molecule has 1 N–H and O–H groups in total. The number of rotatable bonds is 4. The van der Waals surface area contributed by atoms with Crippen molar-refractivity contribution in [1.29, 1.82) is 0 Å². The minimum Gasteiger partial charge on any atom is -0.481 e. The van der Waals surface area contributed by atoms with Crippen molar-refractivity contribution in [3.63, 3.8) is 0 Å². The average molecular weight is 534 g/mol. The van der Waals surface area contributed by atoms with E-state index in [0.29, 0.717) is 5.56 Å². The summed E-state index contributed by atoms with van der Waals surface area (Å²) in [6, 6.07) is 13.4. The Morgan fingerprint density at radius 1 is 1.11 bits per heavy atom. The molecule has 1 aliphatic heterocycles. The van der Waals surface area contributed by atoms with Crippen molar-refractivity contribution in [2.45, 2.75) is 23.3 Å². The highest BCUT2D eigenvalue weighted by Crippen LogP contribution is 2.68. The Bertz CT molecular complexity index is 1400. The van der Waals surface area contributed by atoms with Gasteiger partial charge in [-0.25, -0.2) is 4.98 Å². The number of alkyl halides is 3. The summed E-state index contributed by atoms with van der Waals surface area (Å²) in [5, 5.41) is 12.3. The van der Waals surface area contributed by atoms with Crippen LogP contribution in [0.1, 0.15) is 28.2 Å². The maximum atomic E-state index is 14.1. The molecular formula is C26H19ClF3NO6. The second-order valence-electron chi connectivity index (χ2n) is 8.70. The van der Waals surface area contributed by atoms with Gasteiger partial charge in [0.05, 0.1) is 31.3 Å². The van der Waals surface area contributed by atoms with E-state index in [1.54, 1.807) is 30.3 Å². The van der Waals surface area contributed by atoms with E-state index in [1.807, 2.05) is 0 Å². The van der Waals surface area contributed by atoms with E-state index in [4.69, 9.17) is 25.8 Å². The van der Waals surface area contributed by atoms with Crippen LogP contribution in [0.2, 0.25) is 5.15 Å². The lowest BCUT2D eigenvalue weighted by Gasteiger charge is -2.39. The number of methoxy groups -OCH3 is 2. The highest BCUT2D eigenvalue weighted by atomic mass is 35.5. The molecule has 0 saturated heterocycles. The van der Waals surface area contributed by atoms with Gasteiger partial charge < -0.3 is 19.3 Å². The molecule has 2 heterocycles. The van der Waals surface area contributed by atoms with Crippen LogP contribution in [0, 0.1) is 5.92 Å². The van der Waals surface area contributed by atoms with Crippen LogP contribution in [-0.4, -0.2) is 36.1 Å². The van der Waals surface area contributed by atoms with Crippen molar-refractivity contribution >= 4 is 23.4 Å². The zero-order chi connectivity index (χ0) is 26.8. The largest absolute Gasteiger partial charge is 0.481 e. The molecule has 3 aromatic rings. The summed E-state index contributed by atoms with van der Waals surface area (Å²) < 4.78 is 56.7. The van der Waals surface area contributed by atoms with Crippen molar-refractivity contribution in [2.24, 2.45) is 5.92 Å². The Hall–Kier alpha value is -3.63. The molecule has 37 heavy (non-hydrogen) atoms. The van der Waals surface area contributed by atoms with Gasteiger partial charge in [0.15, 0.2) is 11.4 Å². The van der Waals surface area contributed by atoms with Gasteiger partial charge in [-0.1, -0.05) is 54.1 Å². The molecule has 1 saturated carbocycles. The van der Waals surface area contributed by atoms with E-state index in [9.17, 15) is 27.9 Å². The van der Waals surface area contributed by atoms with E-state index in [0.717, 1.165) is 31.4 Å². The number of carbonyl (C=O) groups excluding carboxylic acids is 2. The van der Waals surface area contributed by atoms with Crippen LogP contribution in [0.5, 0.6) is 11.6 Å². The molecule has 192 valence electrons. The molecule has 4 atom stereocenters. The van der Waals surface area contributed by atoms with E-state index in [-0.39, 0.29) is 27.9 Å². The SMILES string of the molecule is COC(=O)[C@H]1C(=O)[C@@]2(O)c3c(cc(Cl)nc3OC)O[C@@]2(c2ccc(C(F)(F)F)cc2)[C@@H]1c1ccccc1. The highest BCUT2D eigenvalue weighted by Gasteiger charge is 2.79. The lowest BCUT2D eigenvalue weighted by atomic mass is 9.71. The zero-order valence-corrected chi connectivity index (χ0v) is 20.1. The fraction of sp³-hybridized carbons (Fsp3) is 0.269. The van der Waals surface area contributed by atoms with Crippen molar-refractivity contribution in [2.75, 3.05) is 14.2 Å². The fourth-order valence-corrected chi connectivity index (χ4v) is 5.66. The van der Waals surface area contributed by atoms with Gasteiger partial charge in [0.25, 0.3) is 0 Å². The average Bonchev–Trinajstić information content (AvgIpc) is 3.25. The lowest BCUT2D eigenvalue weighted by molar-refractivity contribution is -0.155. The Balaban J connectivity index is 1.88. The topological polar surface area (TPSA) is 95.0 Å². The smallest absolute Gasteiger partial charge is 0.416 e. The highest BCUT2D eigenvalue weighted by molar-refractivity contribution is 6.29. The van der Waals surface area contributed by atoms with E-state index >= 15 is 0 Å². The molecule has 5 rings (SSSR count). The van der Waals surface area contributed by atoms with Gasteiger partial charge in [0.2, 0.25) is 11.5 Å². The molecule has 11 heteroatoms. The van der Waals surface area contributed by atoms with Crippen molar-refractivity contribution in [3.8, 4) is 11.6 Å². The molecular weight excluding hydrogens is 515 g/mol. The molecule has 0 unspecified atom stereocenters. The summed E-state index contributed by atoms with van der Waals surface area (Å²) in [7, 11) is 2.34. The molecule has 2 aromatic carbocycles. The van der Waals surface area contributed by atoms with Gasteiger partial charge in [-0.05, 0) is 23.3 Å². The number of benzene rings is 2. The van der Waals surface area contributed by atoms with Crippen LogP contribution < -0.4 is 9.47 Å².